The molecule has 30 heavy (non-hydrogen) atoms. The molecule has 0 spiro atoms. The predicted molar refractivity (Wildman–Crippen MR) is 123 cm³/mol. The summed E-state index contributed by atoms with van der Waals surface area (Å²) in [5.74, 6) is 0.0271. The molecule has 0 radical (unpaired) electrons. The Kier molecular flexibility index (Phi) is 8.16. The molecule has 0 bridgehead atoms. The van der Waals surface area contributed by atoms with Gasteiger partial charge in [-0.15, -0.1) is 11.8 Å². The van der Waals surface area contributed by atoms with Gasteiger partial charge < -0.3 is 20.6 Å². The first-order valence-electron chi connectivity index (χ1n) is 9.91. The minimum Gasteiger partial charge on any atom is -0.508 e. The molecule has 6 heteroatoms. The second kappa shape index (κ2) is 11.0. The van der Waals surface area contributed by atoms with Crippen molar-refractivity contribution in [2.24, 2.45) is 0 Å². The molecule has 1 unspecified atom stereocenters. The highest BCUT2D eigenvalue weighted by atomic mass is 32.2. The van der Waals surface area contributed by atoms with Gasteiger partial charge >= 0.3 is 0 Å². The van der Waals surface area contributed by atoms with E-state index in [2.05, 4.69) is 65.5 Å². The third kappa shape index (κ3) is 6.24. The van der Waals surface area contributed by atoms with Crippen molar-refractivity contribution >= 4 is 17.4 Å². The van der Waals surface area contributed by atoms with Crippen LogP contribution in [-0.2, 0) is 6.61 Å². The minimum atomic E-state index is -0.856. The lowest BCUT2D eigenvalue weighted by Gasteiger charge is -2.15. The van der Waals surface area contributed by atoms with Crippen LogP contribution in [0.2, 0.25) is 0 Å². The van der Waals surface area contributed by atoms with Crippen molar-refractivity contribution in [2.75, 3.05) is 18.1 Å². The van der Waals surface area contributed by atoms with Crippen molar-refractivity contribution < 1.29 is 15.3 Å². The Hall–Kier alpha value is -2.51. The van der Waals surface area contributed by atoms with Crippen molar-refractivity contribution in [3.63, 3.8) is 0 Å². The minimum absolute atomic E-state index is 0.0271. The summed E-state index contributed by atoms with van der Waals surface area (Å²) in [7, 11) is 0. The number of rotatable bonds is 9. The molecule has 2 aromatic carbocycles. The van der Waals surface area contributed by atoms with Gasteiger partial charge in [0, 0.05) is 28.4 Å². The van der Waals surface area contributed by atoms with Crippen molar-refractivity contribution in [1.29, 1.82) is 0 Å². The molecule has 0 aromatic heterocycles. The van der Waals surface area contributed by atoms with Gasteiger partial charge in [-0.2, -0.15) is 0 Å². The van der Waals surface area contributed by atoms with Crippen LogP contribution in [0.5, 0.6) is 5.75 Å². The monoisotopic (exact) mass is 424 g/mol. The second-order valence-electron chi connectivity index (χ2n) is 7.01. The van der Waals surface area contributed by atoms with E-state index in [0.717, 1.165) is 24.2 Å². The summed E-state index contributed by atoms with van der Waals surface area (Å²) in [4.78, 5) is 1.24. The van der Waals surface area contributed by atoms with Gasteiger partial charge in [-0.25, -0.2) is 0 Å². The summed E-state index contributed by atoms with van der Waals surface area (Å²) < 4.78 is 0. The molecule has 5 N–H and O–H groups in total. The number of nitrogens with one attached hydrogen (secondary N) is 2. The smallest absolute Gasteiger partial charge is 0.131 e. The topological polar surface area (TPSA) is 84.8 Å². The molecule has 0 fully saturated rings. The van der Waals surface area contributed by atoms with Crippen molar-refractivity contribution in [2.45, 2.75) is 30.6 Å². The first-order chi connectivity index (χ1) is 14.6. The first kappa shape index (κ1) is 22.2. The van der Waals surface area contributed by atoms with E-state index in [4.69, 9.17) is 0 Å². The zero-order chi connectivity index (χ0) is 21.3. The van der Waals surface area contributed by atoms with Crippen molar-refractivity contribution in [3.8, 4) is 5.75 Å². The molecule has 0 saturated heterocycles. The molecular formula is C24H28N2O3S. The fourth-order valence-corrected chi connectivity index (χ4v) is 3.57. The van der Waals surface area contributed by atoms with Gasteiger partial charge in [-0.3, -0.25) is 5.32 Å². The van der Waals surface area contributed by atoms with E-state index in [1.54, 1.807) is 23.9 Å². The third-order valence-corrected chi connectivity index (χ3v) is 5.66. The Labute approximate surface area is 181 Å². The van der Waals surface area contributed by atoms with Gasteiger partial charge in [0.15, 0.2) is 0 Å². The molecule has 1 aliphatic rings. The summed E-state index contributed by atoms with van der Waals surface area (Å²) in [5, 5.41) is 35.7. The molecule has 0 amide bonds. The van der Waals surface area contributed by atoms with Crippen LogP contribution in [0.1, 0.15) is 30.2 Å². The van der Waals surface area contributed by atoms with Crippen LogP contribution in [0.25, 0.3) is 0 Å². The predicted octanol–water partition coefficient (Wildman–Crippen LogP) is 4.46. The fraction of sp³-hybridized carbons (Fsp3) is 0.250. The summed E-state index contributed by atoms with van der Waals surface area (Å²) >= 11 is 1.73. The highest BCUT2D eigenvalue weighted by Crippen LogP contribution is 2.22. The van der Waals surface area contributed by atoms with Gasteiger partial charge in [-0.05, 0) is 67.1 Å². The zero-order valence-corrected chi connectivity index (χ0v) is 17.8. The summed E-state index contributed by atoms with van der Waals surface area (Å²) in [6, 6.07) is 13.1. The molecule has 1 aliphatic carbocycles. The van der Waals surface area contributed by atoms with E-state index in [1.165, 1.54) is 16.5 Å². The summed E-state index contributed by atoms with van der Waals surface area (Å²) in [6.07, 6.45) is 11.3. The Morgan fingerprint density at radius 2 is 1.87 bits per heavy atom. The van der Waals surface area contributed by atoms with Crippen molar-refractivity contribution in [1.82, 2.24) is 5.32 Å². The molecule has 5 nitrogen and oxygen atoms in total. The van der Waals surface area contributed by atoms with Crippen LogP contribution >= 0.6 is 11.8 Å². The largest absolute Gasteiger partial charge is 0.508 e. The van der Waals surface area contributed by atoms with Crippen LogP contribution in [0.4, 0.5) is 5.69 Å². The summed E-state index contributed by atoms with van der Waals surface area (Å²) in [5.41, 5.74) is 4.34. The van der Waals surface area contributed by atoms with Gasteiger partial charge in [0.25, 0.3) is 0 Å². The standard InChI is InChI=1S/C24H28N2O3S/c1-30-22-10-8-21(9-11-22)26-20-4-2-3-17(5-7-20)13-14-25-24(29)18-6-12-23(28)19(15-18)16-27/h3-12,15,24-29H,2,13-14,16H2,1H3. The number of hydrogen-bond acceptors (Lipinski definition) is 6. The number of phenols is 1. The van der Waals surface area contributed by atoms with Crippen LogP contribution in [0, 0.1) is 0 Å². The highest BCUT2D eigenvalue weighted by molar-refractivity contribution is 7.98. The van der Waals surface area contributed by atoms with Crippen LogP contribution in [0.3, 0.4) is 0 Å². The molecule has 0 heterocycles. The number of allylic oxidation sites excluding steroid dienone is 4. The number of aliphatic hydroxyl groups excluding tert-OH is 2. The maximum Gasteiger partial charge on any atom is 0.131 e. The second-order valence-corrected chi connectivity index (χ2v) is 7.89. The van der Waals surface area contributed by atoms with E-state index in [9.17, 15) is 15.3 Å². The van der Waals surface area contributed by atoms with Crippen LogP contribution in [0.15, 0.2) is 82.9 Å². The van der Waals surface area contributed by atoms with E-state index in [-0.39, 0.29) is 12.4 Å². The SMILES string of the molecule is CSc1ccc(NC2=CCC=C(CCNC(O)c3ccc(O)c(CO)c3)C=C2)cc1. The lowest BCUT2D eigenvalue weighted by molar-refractivity contribution is 0.139. The van der Waals surface area contributed by atoms with E-state index in [1.807, 2.05) is 0 Å². The van der Waals surface area contributed by atoms with E-state index < -0.39 is 6.23 Å². The Bertz CT molecular complexity index is 936. The molecule has 1 atom stereocenters. The van der Waals surface area contributed by atoms with Crippen LogP contribution in [-0.4, -0.2) is 28.1 Å². The normalized spacial score (nSPS) is 14.6. The lowest BCUT2D eigenvalue weighted by Crippen LogP contribution is -2.22. The average Bonchev–Trinajstić information content (AvgIpc) is 2.99. The zero-order valence-electron chi connectivity index (χ0n) is 17.0. The highest BCUT2D eigenvalue weighted by Gasteiger charge is 2.10. The molecule has 158 valence electrons. The fourth-order valence-electron chi connectivity index (χ4n) is 3.16. The maximum atomic E-state index is 10.3. The Balaban J connectivity index is 1.48. The molecule has 0 aliphatic heterocycles. The number of benzene rings is 2. The number of aliphatic hydroxyl groups is 2. The van der Waals surface area contributed by atoms with Crippen molar-refractivity contribution in [3.05, 3.63) is 89.2 Å². The molecule has 0 saturated carbocycles. The Morgan fingerprint density at radius 3 is 2.60 bits per heavy atom. The first-order valence-corrected chi connectivity index (χ1v) is 11.1. The van der Waals surface area contributed by atoms with Gasteiger partial charge in [0.1, 0.15) is 12.0 Å². The molecule has 2 aromatic rings. The van der Waals surface area contributed by atoms with Gasteiger partial charge in [0.05, 0.1) is 6.61 Å². The molecule has 3 rings (SSSR count). The molecular weight excluding hydrogens is 396 g/mol. The van der Waals surface area contributed by atoms with Gasteiger partial charge in [0.2, 0.25) is 0 Å². The third-order valence-electron chi connectivity index (χ3n) is 4.91. The van der Waals surface area contributed by atoms with Crippen LogP contribution < -0.4 is 10.6 Å². The lowest BCUT2D eigenvalue weighted by atomic mass is 10.1. The average molecular weight is 425 g/mol. The van der Waals surface area contributed by atoms with E-state index >= 15 is 0 Å². The number of anilines is 1. The number of thioether (sulfide) groups is 1. The summed E-state index contributed by atoms with van der Waals surface area (Å²) in [6.45, 7) is 0.334. The number of hydrogen-bond donors (Lipinski definition) is 5. The quantitative estimate of drug-likeness (QED) is 0.302. The Morgan fingerprint density at radius 1 is 1.07 bits per heavy atom. The number of aromatic hydroxyl groups is 1. The van der Waals surface area contributed by atoms with E-state index in [0.29, 0.717) is 17.7 Å². The van der Waals surface area contributed by atoms with Gasteiger partial charge in [-0.1, -0.05) is 29.9 Å². The maximum absolute atomic E-state index is 10.3.